The zero-order valence-corrected chi connectivity index (χ0v) is 16.9. The van der Waals surface area contributed by atoms with Crippen LogP contribution < -0.4 is 10.5 Å². The number of hydrogen-bond donors (Lipinski definition) is 2. The Hall–Kier alpha value is -1.70. The minimum atomic E-state index is -3.74. The Balaban J connectivity index is 1.94. The van der Waals surface area contributed by atoms with Gasteiger partial charge in [-0.3, -0.25) is 9.71 Å². The summed E-state index contributed by atoms with van der Waals surface area (Å²) >= 11 is 7.59. The average Bonchev–Trinajstić information content (AvgIpc) is 2.57. The van der Waals surface area contributed by atoms with Crippen LogP contribution in [0.1, 0.15) is 24.5 Å². The number of halogens is 1. The molecule has 1 atom stereocenters. The van der Waals surface area contributed by atoms with Gasteiger partial charge in [0.2, 0.25) is 0 Å². The van der Waals surface area contributed by atoms with E-state index in [0.717, 1.165) is 17.7 Å². The van der Waals surface area contributed by atoms with Crippen molar-refractivity contribution in [3.63, 3.8) is 0 Å². The molecule has 138 valence electrons. The summed E-state index contributed by atoms with van der Waals surface area (Å²) in [5, 5.41) is 0.970. The predicted molar refractivity (Wildman–Crippen MR) is 109 cm³/mol. The summed E-state index contributed by atoms with van der Waals surface area (Å²) in [6.45, 7) is 3.69. The average molecular weight is 410 g/mol. The Morgan fingerprint density at radius 2 is 2.00 bits per heavy atom. The maximum absolute atomic E-state index is 12.8. The Bertz CT molecular complexity index is 976. The number of nitrogens with one attached hydrogen (secondary N) is 1. The van der Waals surface area contributed by atoms with Crippen LogP contribution in [0, 0.1) is 6.92 Å². The highest BCUT2D eigenvalue weighted by Crippen LogP contribution is 2.36. The van der Waals surface area contributed by atoms with Gasteiger partial charge in [0, 0.05) is 16.5 Å². The van der Waals surface area contributed by atoms with Gasteiger partial charge in [-0.05, 0) is 55.7 Å². The summed E-state index contributed by atoms with van der Waals surface area (Å²) in [5.41, 5.74) is 7.35. The molecule has 0 saturated heterocycles. The first-order chi connectivity index (χ1) is 12.2. The number of thioether (sulfide) groups is 1. The summed E-state index contributed by atoms with van der Waals surface area (Å²) in [4.78, 5) is 4.73. The van der Waals surface area contributed by atoms with Crippen LogP contribution in [0.25, 0.3) is 0 Å². The summed E-state index contributed by atoms with van der Waals surface area (Å²) < 4.78 is 28.2. The van der Waals surface area contributed by atoms with Crippen molar-refractivity contribution in [3.05, 3.63) is 58.6 Å². The number of nitrogens with zero attached hydrogens (tertiary/aromatic N) is 1. The van der Waals surface area contributed by atoms with Crippen LogP contribution in [0.3, 0.4) is 0 Å². The van der Waals surface area contributed by atoms with Crippen LogP contribution in [-0.2, 0) is 15.6 Å². The summed E-state index contributed by atoms with van der Waals surface area (Å²) in [7, 11) is -3.74. The number of aliphatic imine (C=N–C) groups is 1. The van der Waals surface area contributed by atoms with Gasteiger partial charge in [-0.2, -0.15) is 0 Å². The molecule has 0 aliphatic carbocycles. The molecule has 0 fully saturated rings. The molecule has 2 aromatic rings. The van der Waals surface area contributed by atoms with E-state index in [9.17, 15) is 8.42 Å². The van der Waals surface area contributed by atoms with E-state index < -0.39 is 15.6 Å². The maximum Gasteiger partial charge on any atom is 0.262 e. The minimum absolute atomic E-state index is 0.165. The van der Waals surface area contributed by atoms with Gasteiger partial charge in [-0.1, -0.05) is 41.6 Å². The fourth-order valence-corrected chi connectivity index (χ4v) is 5.42. The third-order valence-corrected chi connectivity index (χ3v) is 7.17. The highest BCUT2D eigenvalue weighted by molar-refractivity contribution is 8.13. The highest BCUT2D eigenvalue weighted by atomic mass is 35.5. The van der Waals surface area contributed by atoms with Crippen LogP contribution in [0.5, 0.6) is 0 Å². The smallest absolute Gasteiger partial charge is 0.262 e. The molecule has 0 aromatic heterocycles. The van der Waals surface area contributed by atoms with E-state index in [2.05, 4.69) is 9.71 Å². The quantitative estimate of drug-likeness (QED) is 0.795. The van der Waals surface area contributed by atoms with Gasteiger partial charge in [0.1, 0.15) is 0 Å². The van der Waals surface area contributed by atoms with Crippen molar-refractivity contribution >= 4 is 44.2 Å². The number of sulfonamides is 1. The lowest BCUT2D eigenvalue weighted by atomic mass is 9.89. The van der Waals surface area contributed by atoms with Crippen molar-refractivity contribution in [2.24, 2.45) is 10.7 Å². The molecule has 3 rings (SSSR count). The lowest BCUT2D eigenvalue weighted by Crippen LogP contribution is -2.28. The van der Waals surface area contributed by atoms with Crippen molar-refractivity contribution in [1.82, 2.24) is 0 Å². The second kappa shape index (κ2) is 7.13. The van der Waals surface area contributed by atoms with Crippen molar-refractivity contribution in [1.29, 1.82) is 0 Å². The minimum Gasteiger partial charge on any atom is -0.379 e. The Kier molecular flexibility index (Phi) is 5.23. The van der Waals surface area contributed by atoms with E-state index in [-0.39, 0.29) is 4.90 Å². The molecule has 0 bridgehead atoms. The second-order valence-corrected chi connectivity index (χ2v) is 9.54. The maximum atomic E-state index is 12.8. The molecule has 0 spiro atoms. The zero-order valence-electron chi connectivity index (χ0n) is 14.5. The van der Waals surface area contributed by atoms with E-state index in [1.807, 2.05) is 25.1 Å². The Morgan fingerprint density at radius 1 is 1.27 bits per heavy atom. The van der Waals surface area contributed by atoms with E-state index in [1.165, 1.54) is 17.8 Å². The number of amidine groups is 1. The third kappa shape index (κ3) is 3.84. The van der Waals surface area contributed by atoms with E-state index in [1.54, 1.807) is 25.1 Å². The molecule has 1 aliphatic rings. The topological polar surface area (TPSA) is 84.5 Å². The number of rotatable bonds is 4. The van der Waals surface area contributed by atoms with Crippen LogP contribution >= 0.6 is 23.4 Å². The SMILES string of the molecule is Cc1c(Cl)cccc1S(=O)(=O)Nc1cccc(C2(C)CCSC(N)=N2)c1. The number of nitrogens with two attached hydrogens (primary N) is 1. The molecule has 1 aliphatic heterocycles. The zero-order chi connectivity index (χ0) is 18.9. The van der Waals surface area contributed by atoms with Gasteiger partial charge < -0.3 is 5.73 Å². The van der Waals surface area contributed by atoms with Crippen LogP contribution in [0.15, 0.2) is 52.4 Å². The predicted octanol–water partition coefficient (Wildman–Crippen LogP) is 4.12. The fraction of sp³-hybridized carbons (Fsp3) is 0.278. The molecule has 26 heavy (non-hydrogen) atoms. The summed E-state index contributed by atoms with van der Waals surface area (Å²) in [6, 6.07) is 12.1. The van der Waals surface area contributed by atoms with Crippen LogP contribution in [0.2, 0.25) is 5.02 Å². The number of hydrogen-bond acceptors (Lipinski definition) is 5. The normalized spacial score (nSPS) is 20.5. The van der Waals surface area contributed by atoms with Crippen molar-refractivity contribution in [2.75, 3.05) is 10.5 Å². The first kappa shape index (κ1) is 19.1. The van der Waals surface area contributed by atoms with Gasteiger partial charge in [-0.25, -0.2) is 8.42 Å². The molecule has 1 heterocycles. The molecule has 0 radical (unpaired) electrons. The highest BCUT2D eigenvalue weighted by Gasteiger charge is 2.30. The molecule has 1 unspecified atom stereocenters. The van der Waals surface area contributed by atoms with Gasteiger partial charge >= 0.3 is 0 Å². The molecule has 0 amide bonds. The fourth-order valence-electron chi connectivity index (χ4n) is 2.90. The standard InChI is InChI=1S/C18H20ClN3O2S2/c1-12-15(19)7-4-8-16(12)26(23,24)22-14-6-3-5-13(11-14)18(2)9-10-25-17(20)21-18/h3-8,11,22H,9-10H2,1-2H3,(H2,20,21). The number of benzene rings is 2. The van der Waals surface area contributed by atoms with Crippen molar-refractivity contribution in [3.8, 4) is 0 Å². The van der Waals surface area contributed by atoms with E-state index in [0.29, 0.717) is 21.4 Å². The first-order valence-electron chi connectivity index (χ1n) is 8.08. The van der Waals surface area contributed by atoms with Crippen LogP contribution in [-0.4, -0.2) is 19.3 Å². The molecule has 5 nitrogen and oxygen atoms in total. The lowest BCUT2D eigenvalue weighted by molar-refractivity contribution is 0.482. The van der Waals surface area contributed by atoms with Crippen LogP contribution in [0.4, 0.5) is 5.69 Å². The van der Waals surface area contributed by atoms with E-state index >= 15 is 0 Å². The molecule has 3 N–H and O–H groups in total. The molecular formula is C18H20ClN3O2S2. The van der Waals surface area contributed by atoms with Gasteiger partial charge in [-0.15, -0.1) is 0 Å². The lowest BCUT2D eigenvalue weighted by Gasteiger charge is -2.30. The van der Waals surface area contributed by atoms with Gasteiger partial charge in [0.15, 0.2) is 5.17 Å². The van der Waals surface area contributed by atoms with Crippen molar-refractivity contribution in [2.45, 2.75) is 30.7 Å². The molecule has 0 saturated carbocycles. The monoisotopic (exact) mass is 409 g/mol. The summed E-state index contributed by atoms with van der Waals surface area (Å²) in [5.74, 6) is 0.878. The third-order valence-electron chi connectivity index (χ3n) is 4.44. The Morgan fingerprint density at radius 3 is 2.73 bits per heavy atom. The second-order valence-electron chi connectivity index (χ2n) is 6.37. The Labute approximate surface area is 163 Å². The molecular weight excluding hydrogens is 390 g/mol. The van der Waals surface area contributed by atoms with Gasteiger partial charge in [0.05, 0.1) is 10.4 Å². The number of anilines is 1. The van der Waals surface area contributed by atoms with Gasteiger partial charge in [0.25, 0.3) is 10.0 Å². The summed E-state index contributed by atoms with van der Waals surface area (Å²) in [6.07, 6.45) is 0.835. The molecule has 8 heteroatoms. The molecule has 2 aromatic carbocycles. The van der Waals surface area contributed by atoms with E-state index in [4.69, 9.17) is 17.3 Å². The van der Waals surface area contributed by atoms with Crippen molar-refractivity contribution < 1.29 is 8.42 Å². The first-order valence-corrected chi connectivity index (χ1v) is 10.9. The largest absolute Gasteiger partial charge is 0.379 e.